The molecule has 1 aliphatic rings. The van der Waals surface area contributed by atoms with Crippen LogP contribution in [0.4, 0.5) is 0 Å². The van der Waals surface area contributed by atoms with E-state index < -0.39 is 0 Å². The zero-order valence-electron chi connectivity index (χ0n) is 19.1. The lowest BCUT2D eigenvalue weighted by atomic mass is 10.0. The highest BCUT2D eigenvalue weighted by atomic mass is 32.2. The summed E-state index contributed by atoms with van der Waals surface area (Å²) in [4.78, 5) is 24.4. The number of thioether (sulfide) groups is 1. The number of ether oxygens (including phenoxy) is 1. The third-order valence-electron chi connectivity index (χ3n) is 6.12. The van der Waals surface area contributed by atoms with E-state index in [9.17, 15) is 4.79 Å². The molecule has 0 aliphatic carbocycles. The van der Waals surface area contributed by atoms with Gasteiger partial charge in [0.25, 0.3) is 5.78 Å². The Morgan fingerprint density at radius 2 is 1.97 bits per heavy atom. The van der Waals surface area contributed by atoms with Crippen LogP contribution in [0, 0.1) is 13.8 Å². The molecule has 1 saturated heterocycles. The molecule has 32 heavy (non-hydrogen) atoms. The number of amides is 1. The minimum absolute atomic E-state index is 0.0262. The predicted octanol–water partition coefficient (Wildman–Crippen LogP) is 2.97. The van der Waals surface area contributed by atoms with Gasteiger partial charge in [0.2, 0.25) is 11.1 Å². The van der Waals surface area contributed by atoms with Gasteiger partial charge in [-0.2, -0.15) is 4.98 Å². The first-order chi connectivity index (χ1) is 15.5. The Morgan fingerprint density at radius 1 is 1.22 bits per heavy atom. The highest BCUT2D eigenvalue weighted by Gasteiger charge is 2.26. The highest BCUT2D eigenvalue weighted by molar-refractivity contribution is 7.98. The SMILES string of the molecule is COc1ccccc1C(CNC(=O)Cc1c(C)nc2nc(SC)nn2c1C)N1CCCC1. The molecule has 1 aliphatic heterocycles. The van der Waals surface area contributed by atoms with Crippen LogP contribution in [-0.4, -0.2) is 63.4 Å². The van der Waals surface area contributed by atoms with E-state index in [1.807, 2.05) is 38.3 Å². The summed E-state index contributed by atoms with van der Waals surface area (Å²) in [6.07, 6.45) is 4.55. The summed E-state index contributed by atoms with van der Waals surface area (Å²) < 4.78 is 7.33. The Labute approximate surface area is 192 Å². The van der Waals surface area contributed by atoms with Crippen LogP contribution in [0.15, 0.2) is 29.4 Å². The molecule has 1 aromatic carbocycles. The van der Waals surface area contributed by atoms with E-state index in [0.29, 0.717) is 17.5 Å². The number of hydrogen-bond acceptors (Lipinski definition) is 7. The van der Waals surface area contributed by atoms with Crippen molar-refractivity contribution >= 4 is 23.4 Å². The summed E-state index contributed by atoms with van der Waals surface area (Å²) in [5, 5.41) is 8.32. The van der Waals surface area contributed by atoms with E-state index in [-0.39, 0.29) is 18.4 Å². The average molecular weight is 455 g/mol. The Bertz CT molecular complexity index is 1110. The Kier molecular flexibility index (Phi) is 6.95. The molecule has 1 amide bonds. The number of aromatic nitrogens is 4. The number of para-hydroxylation sites is 1. The molecular weight excluding hydrogens is 424 g/mol. The van der Waals surface area contributed by atoms with E-state index in [1.54, 1.807) is 11.6 Å². The number of carbonyl (C=O) groups excluding carboxylic acids is 1. The highest BCUT2D eigenvalue weighted by Crippen LogP contribution is 2.31. The molecule has 0 radical (unpaired) electrons. The van der Waals surface area contributed by atoms with E-state index >= 15 is 0 Å². The molecule has 1 N–H and O–H groups in total. The number of nitrogens with zero attached hydrogens (tertiary/aromatic N) is 5. The fourth-order valence-electron chi connectivity index (χ4n) is 4.40. The molecule has 0 spiro atoms. The second-order valence-electron chi connectivity index (χ2n) is 8.05. The van der Waals surface area contributed by atoms with Crippen molar-refractivity contribution in [2.24, 2.45) is 0 Å². The molecule has 1 unspecified atom stereocenters. The quantitative estimate of drug-likeness (QED) is 0.524. The monoisotopic (exact) mass is 454 g/mol. The van der Waals surface area contributed by atoms with E-state index in [1.165, 1.54) is 24.6 Å². The molecule has 4 rings (SSSR count). The van der Waals surface area contributed by atoms with Gasteiger partial charge in [0, 0.05) is 29.1 Å². The molecular formula is C23H30N6O2S. The fraction of sp³-hybridized carbons (Fsp3) is 0.478. The molecule has 0 bridgehead atoms. The van der Waals surface area contributed by atoms with Crippen LogP contribution in [0.3, 0.4) is 0 Å². The predicted molar refractivity (Wildman–Crippen MR) is 125 cm³/mol. The van der Waals surface area contributed by atoms with Crippen LogP contribution < -0.4 is 10.1 Å². The van der Waals surface area contributed by atoms with Crippen LogP contribution in [0.5, 0.6) is 5.75 Å². The van der Waals surface area contributed by atoms with Crippen LogP contribution in [0.2, 0.25) is 0 Å². The van der Waals surface area contributed by atoms with Gasteiger partial charge in [-0.3, -0.25) is 9.69 Å². The molecule has 8 nitrogen and oxygen atoms in total. The summed E-state index contributed by atoms with van der Waals surface area (Å²) in [5.74, 6) is 1.40. The van der Waals surface area contributed by atoms with Gasteiger partial charge in [0.05, 0.1) is 19.6 Å². The van der Waals surface area contributed by atoms with E-state index in [4.69, 9.17) is 4.74 Å². The van der Waals surface area contributed by atoms with Gasteiger partial charge >= 0.3 is 0 Å². The standard InChI is InChI=1S/C23H30N6O2S/c1-15-18(16(2)29-22(25-15)26-23(27-29)32-4)13-21(30)24-14-19(28-11-7-8-12-28)17-9-5-6-10-20(17)31-3/h5-6,9-10,19H,7-8,11-14H2,1-4H3,(H,24,30). The first-order valence-corrected chi connectivity index (χ1v) is 12.1. The Morgan fingerprint density at radius 3 is 2.69 bits per heavy atom. The Hall–Kier alpha value is -2.65. The van der Waals surface area contributed by atoms with Gasteiger partial charge in [0.1, 0.15) is 5.75 Å². The normalized spacial score (nSPS) is 15.2. The summed E-state index contributed by atoms with van der Waals surface area (Å²) in [5.41, 5.74) is 3.71. The summed E-state index contributed by atoms with van der Waals surface area (Å²) in [6, 6.07) is 8.16. The van der Waals surface area contributed by atoms with Gasteiger partial charge < -0.3 is 10.1 Å². The smallest absolute Gasteiger partial charge is 0.253 e. The topological polar surface area (TPSA) is 84.6 Å². The molecule has 3 aromatic rings. The second-order valence-corrected chi connectivity index (χ2v) is 8.83. The van der Waals surface area contributed by atoms with Crippen LogP contribution in [0.25, 0.3) is 5.78 Å². The second kappa shape index (κ2) is 9.87. The van der Waals surface area contributed by atoms with Gasteiger partial charge in [-0.15, -0.1) is 5.10 Å². The number of rotatable bonds is 8. The van der Waals surface area contributed by atoms with Crippen LogP contribution >= 0.6 is 11.8 Å². The van der Waals surface area contributed by atoms with Gasteiger partial charge in [-0.1, -0.05) is 30.0 Å². The number of fused-ring (bicyclic) bond motifs is 1. The van der Waals surface area contributed by atoms with Crippen LogP contribution in [-0.2, 0) is 11.2 Å². The van der Waals surface area contributed by atoms with E-state index in [2.05, 4.69) is 31.3 Å². The van der Waals surface area contributed by atoms with E-state index in [0.717, 1.165) is 41.4 Å². The van der Waals surface area contributed by atoms with Crippen molar-refractivity contribution in [3.05, 3.63) is 46.8 Å². The van der Waals surface area contributed by atoms with Gasteiger partial charge in [0.15, 0.2) is 0 Å². The number of benzene rings is 1. The largest absolute Gasteiger partial charge is 0.496 e. The van der Waals surface area contributed by atoms with Crippen molar-refractivity contribution < 1.29 is 9.53 Å². The number of aryl methyl sites for hydroxylation is 2. The molecule has 9 heteroatoms. The third-order valence-corrected chi connectivity index (χ3v) is 6.66. The van der Waals surface area contributed by atoms with Crippen molar-refractivity contribution in [2.75, 3.05) is 33.0 Å². The lowest BCUT2D eigenvalue weighted by molar-refractivity contribution is -0.120. The summed E-state index contributed by atoms with van der Waals surface area (Å²) in [7, 11) is 1.69. The minimum atomic E-state index is -0.0262. The minimum Gasteiger partial charge on any atom is -0.496 e. The van der Waals surface area contributed by atoms with Crippen molar-refractivity contribution in [3.63, 3.8) is 0 Å². The molecule has 1 fully saturated rings. The van der Waals surface area contributed by atoms with Crippen molar-refractivity contribution in [3.8, 4) is 5.75 Å². The van der Waals surface area contributed by atoms with Crippen molar-refractivity contribution in [1.82, 2.24) is 29.8 Å². The summed E-state index contributed by atoms with van der Waals surface area (Å²) >= 11 is 1.48. The summed E-state index contributed by atoms with van der Waals surface area (Å²) in [6.45, 7) is 6.48. The first-order valence-electron chi connectivity index (χ1n) is 10.9. The fourth-order valence-corrected chi connectivity index (χ4v) is 4.73. The molecule has 2 aromatic heterocycles. The van der Waals surface area contributed by atoms with Gasteiger partial charge in [-0.05, 0) is 52.1 Å². The molecule has 1 atom stereocenters. The van der Waals surface area contributed by atoms with Gasteiger partial charge in [-0.25, -0.2) is 9.50 Å². The lowest BCUT2D eigenvalue weighted by Gasteiger charge is -2.29. The third kappa shape index (κ3) is 4.59. The maximum absolute atomic E-state index is 13.0. The number of carbonyl (C=O) groups is 1. The first kappa shape index (κ1) is 22.5. The molecule has 170 valence electrons. The molecule has 0 saturated carbocycles. The number of likely N-dealkylation sites (tertiary alicyclic amines) is 1. The number of hydrogen-bond donors (Lipinski definition) is 1. The number of nitrogens with one attached hydrogen (secondary N) is 1. The average Bonchev–Trinajstić information content (AvgIpc) is 3.47. The maximum Gasteiger partial charge on any atom is 0.253 e. The van der Waals surface area contributed by atoms with Crippen molar-refractivity contribution in [2.45, 2.75) is 44.3 Å². The Balaban J connectivity index is 1.51. The molecule has 3 heterocycles. The van der Waals surface area contributed by atoms with Crippen molar-refractivity contribution in [1.29, 1.82) is 0 Å². The zero-order chi connectivity index (χ0) is 22.7. The maximum atomic E-state index is 13.0. The lowest BCUT2D eigenvalue weighted by Crippen LogP contribution is -2.37. The zero-order valence-corrected chi connectivity index (χ0v) is 19.9. The van der Waals surface area contributed by atoms with Crippen LogP contribution in [0.1, 0.15) is 41.4 Å². The number of methoxy groups -OCH3 is 1.